The molecule has 2 amide bonds. The quantitative estimate of drug-likeness (QED) is 0.744. The number of urea groups is 1. The molecule has 0 saturated carbocycles. The van der Waals surface area contributed by atoms with Crippen LogP contribution in [0.25, 0.3) is 0 Å². The van der Waals surface area contributed by atoms with Gasteiger partial charge in [0.15, 0.2) is 0 Å². The lowest BCUT2D eigenvalue weighted by atomic mass is 9.93. The number of carbonyl (C=O) groups excluding carboxylic acids is 1. The number of anilines is 1. The molecular formula is C12H19N3O2. The molecule has 0 spiro atoms. The summed E-state index contributed by atoms with van der Waals surface area (Å²) in [4.78, 5) is 15.5. The van der Waals surface area contributed by atoms with Gasteiger partial charge in [-0.25, -0.2) is 9.78 Å². The minimum atomic E-state index is -0.915. The molecule has 0 saturated heterocycles. The van der Waals surface area contributed by atoms with Gasteiger partial charge in [0.05, 0.1) is 5.60 Å². The van der Waals surface area contributed by atoms with E-state index in [2.05, 4.69) is 15.6 Å². The minimum absolute atomic E-state index is 0.0673. The maximum atomic E-state index is 11.5. The van der Waals surface area contributed by atoms with Crippen molar-refractivity contribution in [3.05, 3.63) is 24.4 Å². The molecule has 5 heteroatoms. The van der Waals surface area contributed by atoms with Gasteiger partial charge in [-0.2, -0.15) is 0 Å². The lowest BCUT2D eigenvalue weighted by molar-refractivity contribution is 0.0170. The Morgan fingerprint density at radius 2 is 2.24 bits per heavy atom. The zero-order valence-electron chi connectivity index (χ0n) is 10.4. The number of aromatic nitrogens is 1. The lowest BCUT2D eigenvalue weighted by Crippen LogP contribution is -2.45. The molecule has 0 aromatic carbocycles. The topological polar surface area (TPSA) is 74.2 Å². The molecule has 3 N–H and O–H groups in total. The Bertz CT molecular complexity index is 363. The Kier molecular flexibility index (Phi) is 4.45. The van der Waals surface area contributed by atoms with Gasteiger partial charge >= 0.3 is 6.03 Å². The van der Waals surface area contributed by atoms with E-state index in [1.807, 2.05) is 13.8 Å². The highest BCUT2D eigenvalue weighted by Crippen LogP contribution is 2.14. The molecule has 94 valence electrons. The molecule has 0 bridgehead atoms. The summed E-state index contributed by atoms with van der Waals surface area (Å²) >= 11 is 0. The van der Waals surface area contributed by atoms with Crippen molar-refractivity contribution in [2.45, 2.75) is 26.4 Å². The number of rotatable bonds is 4. The maximum absolute atomic E-state index is 11.5. The number of amides is 2. The van der Waals surface area contributed by atoms with Crippen LogP contribution in [0, 0.1) is 5.92 Å². The van der Waals surface area contributed by atoms with E-state index in [1.165, 1.54) is 0 Å². The van der Waals surface area contributed by atoms with Crippen molar-refractivity contribution in [1.29, 1.82) is 0 Å². The molecule has 0 radical (unpaired) electrons. The molecule has 0 fully saturated rings. The van der Waals surface area contributed by atoms with Gasteiger partial charge in [0.2, 0.25) is 0 Å². The van der Waals surface area contributed by atoms with E-state index in [-0.39, 0.29) is 18.5 Å². The van der Waals surface area contributed by atoms with Crippen molar-refractivity contribution in [3.8, 4) is 0 Å². The summed E-state index contributed by atoms with van der Waals surface area (Å²) in [7, 11) is 0. The van der Waals surface area contributed by atoms with E-state index < -0.39 is 5.60 Å². The summed E-state index contributed by atoms with van der Waals surface area (Å²) in [6.45, 7) is 5.69. The van der Waals surface area contributed by atoms with Crippen molar-refractivity contribution >= 4 is 11.8 Å². The first-order chi connectivity index (χ1) is 7.92. The van der Waals surface area contributed by atoms with Gasteiger partial charge in [-0.05, 0) is 25.0 Å². The first kappa shape index (κ1) is 13.4. The summed E-state index contributed by atoms with van der Waals surface area (Å²) in [5, 5.41) is 15.1. The molecule has 1 aromatic heterocycles. The molecule has 1 aromatic rings. The fourth-order valence-electron chi connectivity index (χ4n) is 1.06. The lowest BCUT2D eigenvalue weighted by Gasteiger charge is -2.27. The highest BCUT2D eigenvalue weighted by molar-refractivity contribution is 5.88. The normalized spacial score (nSPS) is 14.2. The molecular weight excluding hydrogens is 218 g/mol. The number of hydrogen-bond acceptors (Lipinski definition) is 3. The van der Waals surface area contributed by atoms with Crippen LogP contribution in [0.4, 0.5) is 10.6 Å². The van der Waals surface area contributed by atoms with Gasteiger partial charge < -0.3 is 10.4 Å². The maximum Gasteiger partial charge on any atom is 0.320 e. The van der Waals surface area contributed by atoms with Crippen LogP contribution in [0.1, 0.15) is 20.8 Å². The third kappa shape index (κ3) is 4.40. The van der Waals surface area contributed by atoms with Gasteiger partial charge in [-0.15, -0.1) is 0 Å². The van der Waals surface area contributed by atoms with Crippen molar-refractivity contribution < 1.29 is 9.90 Å². The Morgan fingerprint density at radius 3 is 2.76 bits per heavy atom. The Balaban J connectivity index is 2.41. The summed E-state index contributed by atoms with van der Waals surface area (Å²) in [6.07, 6.45) is 1.60. The van der Waals surface area contributed by atoms with Crippen molar-refractivity contribution in [2.24, 2.45) is 5.92 Å². The smallest absolute Gasteiger partial charge is 0.320 e. The third-order valence-corrected chi connectivity index (χ3v) is 2.76. The second-order valence-corrected chi connectivity index (χ2v) is 4.53. The fraction of sp³-hybridized carbons (Fsp3) is 0.500. The Morgan fingerprint density at radius 1 is 1.53 bits per heavy atom. The number of aliphatic hydroxyl groups is 1. The molecule has 0 unspecified atom stereocenters. The third-order valence-electron chi connectivity index (χ3n) is 2.76. The highest BCUT2D eigenvalue weighted by Gasteiger charge is 2.25. The molecule has 1 atom stereocenters. The van der Waals surface area contributed by atoms with Crippen LogP contribution in [0.15, 0.2) is 24.4 Å². The van der Waals surface area contributed by atoms with Crippen molar-refractivity contribution in [2.75, 3.05) is 11.9 Å². The first-order valence-electron chi connectivity index (χ1n) is 5.60. The standard InChI is InChI=1S/C12H19N3O2/c1-9(2)12(3,17)8-14-11(16)15-10-6-4-5-7-13-10/h4-7,9,17H,8H2,1-3H3,(H2,13,14,15,16)/t12-/m1/s1. The second kappa shape index (κ2) is 5.63. The Hall–Kier alpha value is -1.62. The fourth-order valence-corrected chi connectivity index (χ4v) is 1.06. The average molecular weight is 237 g/mol. The average Bonchev–Trinajstić information content (AvgIpc) is 2.28. The molecule has 0 aliphatic carbocycles. The SMILES string of the molecule is CC(C)[C@](C)(O)CNC(=O)Nc1ccccn1. The number of pyridine rings is 1. The summed E-state index contributed by atoms with van der Waals surface area (Å²) < 4.78 is 0. The monoisotopic (exact) mass is 237 g/mol. The number of carbonyl (C=O) groups is 1. The predicted molar refractivity (Wildman–Crippen MR) is 66.7 cm³/mol. The van der Waals surface area contributed by atoms with E-state index in [0.29, 0.717) is 5.82 Å². The molecule has 1 rings (SSSR count). The second-order valence-electron chi connectivity index (χ2n) is 4.53. The van der Waals surface area contributed by atoms with E-state index in [1.54, 1.807) is 31.3 Å². The van der Waals surface area contributed by atoms with Crippen LogP contribution < -0.4 is 10.6 Å². The van der Waals surface area contributed by atoms with E-state index in [4.69, 9.17) is 0 Å². The Labute approximate surface area is 101 Å². The van der Waals surface area contributed by atoms with Gasteiger partial charge in [-0.3, -0.25) is 5.32 Å². The number of nitrogens with zero attached hydrogens (tertiary/aromatic N) is 1. The summed E-state index contributed by atoms with van der Waals surface area (Å²) in [5.41, 5.74) is -0.915. The molecule has 0 aliphatic heterocycles. The zero-order chi connectivity index (χ0) is 12.9. The van der Waals surface area contributed by atoms with Crippen LogP contribution in [-0.4, -0.2) is 28.3 Å². The van der Waals surface area contributed by atoms with Gasteiger partial charge in [0.25, 0.3) is 0 Å². The van der Waals surface area contributed by atoms with Gasteiger partial charge in [0, 0.05) is 12.7 Å². The summed E-state index contributed by atoms with van der Waals surface area (Å²) in [5.74, 6) is 0.548. The highest BCUT2D eigenvalue weighted by atomic mass is 16.3. The number of hydrogen-bond donors (Lipinski definition) is 3. The van der Waals surface area contributed by atoms with Crippen molar-refractivity contribution in [3.63, 3.8) is 0 Å². The van der Waals surface area contributed by atoms with E-state index in [0.717, 1.165) is 0 Å². The largest absolute Gasteiger partial charge is 0.388 e. The first-order valence-corrected chi connectivity index (χ1v) is 5.60. The van der Waals surface area contributed by atoms with Gasteiger partial charge in [-0.1, -0.05) is 19.9 Å². The van der Waals surface area contributed by atoms with Crippen LogP contribution in [0.3, 0.4) is 0 Å². The van der Waals surface area contributed by atoms with Crippen molar-refractivity contribution in [1.82, 2.24) is 10.3 Å². The van der Waals surface area contributed by atoms with E-state index in [9.17, 15) is 9.90 Å². The summed E-state index contributed by atoms with van der Waals surface area (Å²) in [6, 6.07) is 4.88. The predicted octanol–water partition coefficient (Wildman–Crippen LogP) is 1.61. The van der Waals surface area contributed by atoms with Crippen LogP contribution >= 0.6 is 0 Å². The number of nitrogens with one attached hydrogen (secondary N) is 2. The zero-order valence-corrected chi connectivity index (χ0v) is 10.4. The van der Waals surface area contributed by atoms with Crippen LogP contribution in [-0.2, 0) is 0 Å². The molecule has 0 aliphatic rings. The van der Waals surface area contributed by atoms with Crippen LogP contribution in [0.5, 0.6) is 0 Å². The molecule has 1 heterocycles. The van der Waals surface area contributed by atoms with E-state index >= 15 is 0 Å². The minimum Gasteiger partial charge on any atom is -0.388 e. The molecule has 5 nitrogen and oxygen atoms in total. The van der Waals surface area contributed by atoms with Gasteiger partial charge in [0.1, 0.15) is 5.82 Å². The molecule has 17 heavy (non-hydrogen) atoms. The van der Waals surface area contributed by atoms with Crippen LogP contribution in [0.2, 0.25) is 0 Å².